The number of nitrogens with zero attached hydrogens (tertiary/aromatic N) is 3. The first kappa shape index (κ1) is 24.8. The molecule has 0 bridgehead atoms. The molecule has 2 heterocycles. The maximum absolute atomic E-state index is 13.5. The van der Waals surface area contributed by atoms with E-state index in [9.17, 15) is 14.4 Å². The predicted molar refractivity (Wildman–Crippen MR) is 147 cm³/mol. The summed E-state index contributed by atoms with van der Waals surface area (Å²) in [7, 11) is 0. The summed E-state index contributed by atoms with van der Waals surface area (Å²) < 4.78 is 1.06. The van der Waals surface area contributed by atoms with Gasteiger partial charge in [0, 0.05) is 13.0 Å². The van der Waals surface area contributed by atoms with Gasteiger partial charge in [0.25, 0.3) is 11.8 Å². The zero-order valence-electron chi connectivity index (χ0n) is 21.0. The highest BCUT2D eigenvalue weighted by molar-refractivity contribution is 7.22. The highest BCUT2D eigenvalue weighted by Gasteiger charge is 2.34. The van der Waals surface area contributed by atoms with Crippen LogP contribution >= 0.6 is 11.3 Å². The predicted octanol–water partition coefficient (Wildman–Crippen LogP) is 6.42. The lowest BCUT2D eigenvalue weighted by Crippen LogP contribution is -2.33. The number of aromatic nitrogens is 1. The normalized spacial score (nSPS) is 13.7. The van der Waals surface area contributed by atoms with Crippen LogP contribution in [0.25, 0.3) is 10.2 Å². The summed E-state index contributed by atoms with van der Waals surface area (Å²) in [6.07, 6.45) is 1.65. The molecule has 1 atom stereocenters. The molecule has 0 unspecified atom stereocenters. The van der Waals surface area contributed by atoms with Gasteiger partial charge in [0.2, 0.25) is 5.91 Å². The number of thiazole rings is 1. The minimum absolute atomic E-state index is 0.0818. The van der Waals surface area contributed by atoms with Gasteiger partial charge in [-0.2, -0.15) is 0 Å². The number of carbonyl (C=O) groups is 3. The summed E-state index contributed by atoms with van der Waals surface area (Å²) in [5.41, 5.74) is 4.01. The van der Waals surface area contributed by atoms with Crippen molar-refractivity contribution in [1.29, 1.82) is 0 Å². The Morgan fingerprint density at radius 3 is 2.32 bits per heavy atom. The fraction of sp³-hybridized carbons (Fsp3) is 0.267. The van der Waals surface area contributed by atoms with Crippen molar-refractivity contribution in [3.05, 3.63) is 95.1 Å². The number of amides is 3. The van der Waals surface area contributed by atoms with E-state index in [0.717, 1.165) is 22.2 Å². The molecule has 4 aromatic rings. The summed E-state index contributed by atoms with van der Waals surface area (Å²) >= 11 is 1.52. The van der Waals surface area contributed by atoms with Crippen LogP contribution in [-0.2, 0) is 11.3 Å². The number of rotatable bonds is 9. The first-order valence-corrected chi connectivity index (χ1v) is 13.5. The maximum Gasteiger partial charge on any atom is 0.261 e. The molecule has 1 aromatic heterocycles. The molecule has 0 saturated carbocycles. The van der Waals surface area contributed by atoms with E-state index in [4.69, 9.17) is 4.98 Å². The van der Waals surface area contributed by atoms with E-state index in [0.29, 0.717) is 35.1 Å². The van der Waals surface area contributed by atoms with Crippen molar-refractivity contribution < 1.29 is 14.4 Å². The fourth-order valence-electron chi connectivity index (χ4n) is 4.58. The standard InChI is InChI=1S/C30H29N3O3S/c1-3-20(2)22-15-16-25-26(18-22)37-30(31-25)33(19-21-10-5-4-6-11-21)27(34)14-9-17-32-28(35)23-12-7-8-13-24(23)29(32)36/h4-8,10-13,15-16,18,20H,3,9,14,17,19H2,1-2H3/t20-/m0/s1. The molecule has 1 aliphatic heterocycles. The Morgan fingerprint density at radius 2 is 1.65 bits per heavy atom. The lowest BCUT2D eigenvalue weighted by molar-refractivity contribution is -0.118. The Morgan fingerprint density at radius 1 is 0.973 bits per heavy atom. The lowest BCUT2D eigenvalue weighted by atomic mass is 9.99. The highest BCUT2D eigenvalue weighted by Crippen LogP contribution is 2.33. The van der Waals surface area contributed by atoms with Crippen molar-refractivity contribution >= 4 is 44.4 Å². The zero-order chi connectivity index (χ0) is 25.9. The first-order valence-electron chi connectivity index (χ1n) is 12.7. The van der Waals surface area contributed by atoms with Crippen LogP contribution in [0.1, 0.15) is 70.9 Å². The van der Waals surface area contributed by atoms with Gasteiger partial charge in [0.15, 0.2) is 5.13 Å². The number of benzene rings is 3. The summed E-state index contributed by atoms with van der Waals surface area (Å²) in [6.45, 7) is 5.00. The number of carbonyl (C=O) groups excluding carboxylic acids is 3. The number of hydrogen-bond donors (Lipinski definition) is 0. The van der Waals surface area contributed by atoms with Crippen molar-refractivity contribution in [3.8, 4) is 0 Å². The van der Waals surface area contributed by atoms with E-state index < -0.39 is 0 Å². The Bertz CT molecular complexity index is 1430. The lowest BCUT2D eigenvalue weighted by Gasteiger charge is -2.21. The minimum atomic E-state index is -0.294. The second kappa shape index (κ2) is 10.6. The molecule has 0 saturated heterocycles. The van der Waals surface area contributed by atoms with Crippen LogP contribution in [0.3, 0.4) is 0 Å². The Kier molecular flexibility index (Phi) is 7.15. The van der Waals surface area contributed by atoms with E-state index >= 15 is 0 Å². The van der Waals surface area contributed by atoms with Gasteiger partial charge in [-0.05, 0) is 54.2 Å². The first-order chi connectivity index (χ1) is 18.0. The summed E-state index contributed by atoms with van der Waals surface area (Å²) in [5, 5.41) is 0.658. The quantitative estimate of drug-likeness (QED) is 0.243. The largest absolute Gasteiger partial charge is 0.284 e. The molecule has 0 aliphatic carbocycles. The smallest absolute Gasteiger partial charge is 0.261 e. The monoisotopic (exact) mass is 511 g/mol. The molecule has 6 nitrogen and oxygen atoms in total. The molecular weight excluding hydrogens is 482 g/mol. The van der Waals surface area contributed by atoms with Crippen LogP contribution in [0.2, 0.25) is 0 Å². The van der Waals surface area contributed by atoms with Crippen LogP contribution in [0.15, 0.2) is 72.8 Å². The molecule has 1 aliphatic rings. The molecule has 37 heavy (non-hydrogen) atoms. The van der Waals surface area contributed by atoms with E-state index in [1.165, 1.54) is 21.8 Å². The third-order valence-corrected chi connectivity index (χ3v) is 7.99. The average Bonchev–Trinajstić information content (AvgIpc) is 3.46. The van der Waals surface area contributed by atoms with Crippen molar-refractivity contribution in [3.63, 3.8) is 0 Å². The van der Waals surface area contributed by atoms with Crippen LogP contribution < -0.4 is 4.90 Å². The SMILES string of the molecule is CC[C@H](C)c1ccc2nc(N(Cc3ccccc3)C(=O)CCCN3C(=O)c4ccccc4C3=O)sc2c1. The van der Waals surface area contributed by atoms with Gasteiger partial charge in [-0.15, -0.1) is 0 Å². The zero-order valence-corrected chi connectivity index (χ0v) is 21.8. The molecule has 3 aromatic carbocycles. The molecule has 5 rings (SSSR count). The third-order valence-electron chi connectivity index (χ3n) is 6.95. The minimum Gasteiger partial charge on any atom is -0.284 e. The second-order valence-electron chi connectivity index (χ2n) is 9.41. The van der Waals surface area contributed by atoms with E-state index in [-0.39, 0.29) is 30.7 Å². The van der Waals surface area contributed by atoms with Crippen molar-refractivity contribution in [2.75, 3.05) is 11.4 Å². The van der Waals surface area contributed by atoms with Gasteiger partial charge in [0.1, 0.15) is 0 Å². The van der Waals surface area contributed by atoms with Crippen molar-refractivity contribution in [2.45, 2.75) is 45.6 Å². The summed E-state index contributed by atoms with van der Waals surface area (Å²) in [5.74, 6) is -0.212. The van der Waals surface area contributed by atoms with E-state index in [1.807, 2.05) is 36.4 Å². The van der Waals surface area contributed by atoms with Gasteiger partial charge in [-0.3, -0.25) is 24.2 Å². The molecular formula is C30H29N3O3S. The molecule has 0 radical (unpaired) electrons. The summed E-state index contributed by atoms with van der Waals surface area (Å²) in [6, 6.07) is 23.0. The van der Waals surface area contributed by atoms with Gasteiger partial charge >= 0.3 is 0 Å². The molecule has 7 heteroatoms. The molecule has 0 fully saturated rings. The van der Waals surface area contributed by atoms with Gasteiger partial charge in [-0.1, -0.05) is 73.7 Å². The molecule has 0 spiro atoms. The number of anilines is 1. The molecule has 3 amide bonds. The van der Waals surface area contributed by atoms with Crippen molar-refractivity contribution in [2.24, 2.45) is 0 Å². The number of fused-ring (bicyclic) bond motifs is 2. The van der Waals surface area contributed by atoms with Crippen molar-refractivity contribution in [1.82, 2.24) is 9.88 Å². The van der Waals surface area contributed by atoms with Crippen LogP contribution in [-0.4, -0.2) is 34.2 Å². The molecule has 0 N–H and O–H groups in total. The number of hydrogen-bond acceptors (Lipinski definition) is 5. The topological polar surface area (TPSA) is 70.6 Å². The third kappa shape index (κ3) is 5.04. The van der Waals surface area contributed by atoms with Gasteiger partial charge < -0.3 is 0 Å². The molecule has 188 valence electrons. The Labute approximate surface area is 220 Å². The Balaban J connectivity index is 1.34. The van der Waals surface area contributed by atoms with Crippen LogP contribution in [0, 0.1) is 0 Å². The van der Waals surface area contributed by atoms with E-state index in [2.05, 4.69) is 26.0 Å². The van der Waals surface area contributed by atoms with Gasteiger partial charge in [0.05, 0.1) is 27.9 Å². The van der Waals surface area contributed by atoms with E-state index in [1.54, 1.807) is 29.2 Å². The van der Waals surface area contributed by atoms with Crippen LogP contribution in [0.4, 0.5) is 5.13 Å². The highest BCUT2D eigenvalue weighted by atomic mass is 32.1. The fourth-order valence-corrected chi connectivity index (χ4v) is 5.61. The summed E-state index contributed by atoms with van der Waals surface area (Å²) in [4.78, 5) is 46.6. The number of imide groups is 1. The van der Waals surface area contributed by atoms with Gasteiger partial charge in [-0.25, -0.2) is 4.98 Å². The Hall–Kier alpha value is -3.84. The second-order valence-corrected chi connectivity index (χ2v) is 10.4. The maximum atomic E-state index is 13.5. The van der Waals surface area contributed by atoms with Crippen LogP contribution in [0.5, 0.6) is 0 Å². The average molecular weight is 512 g/mol.